The molecule has 2 aromatic rings. The number of ketones is 1. The van der Waals surface area contributed by atoms with Crippen LogP contribution in [0.2, 0.25) is 10.0 Å². The Labute approximate surface area is 205 Å². The van der Waals surface area contributed by atoms with Crippen LogP contribution in [0.3, 0.4) is 0 Å². The van der Waals surface area contributed by atoms with E-state index in [1.807, 2.05) is 53.4 Å². The monoisotopic (exact) mass is 507 g/mol. The Kier molecular flexibility index (Phi) is 7.18. The normalized spacial score (nSPS) is 23.5. The summed E-state index contributed by atoms with van der Waals surface area (Å²) < 4.78 is 23.3. The van der Waals surface area contributed by atoms with Crippen molar-refractivity contribution in [3.05, 3.63) is 69.7 Å². The van der Waals surface area contributed by atoms with Crippen molar-refractivity contribution in [3.63, 3.8) is 0 Å². The van der Waals surface area contributed by atoms with Gasteiger partial charge in [-0.3, -0.25) is 9.59 Å². The van der Waals surface area contributed by atoms with Crippen LogP contribution in [0.5, 0.6) is 0 Å². The van der Waals surface area contributed by atoms with Crippen LogP contribution in [-0.2, 0) is 19.4 Å². The first kappa shape index (κ1) is 24.2. The second-order valence-corrected chi connectivity index (χ2v) is 12.4. The van der Waals surface area contributed by atoms with Crippen molar-refractivity contribution < 1.29 is 18.0 Å². The van der Waals surface area contributed by atoms with Gasteiger partial charge in [-0.05, 0) is 60.6 Å². The fourth-order valence-electron chi connectivity index (χ4n) is 4.83. The Bertz CT molecular complexity index is 1150. The molecular formula is C25H27Cl2NO4S. The molecule has 0 unspecified atom stereocenters. The van der Waals surface area contributed by atoms with Crippen LogP contribution in [-0.4, -0.2) is 43.6 Å². The molecule has 0 spiro atoms. The SMILES string of the molecule is CS(=O)(=O)CC(=O)C[C@@H]1C[C@H](c2cccc(Cl)c2)[C@@H](c2ccc(Cl)cc2)N(CC2CC2)C1=O. The number of rotatable bonds is 8. The zero-order valence-corrected chi connectivity index (χ0v) is 20.7. The highest BCUT2D eigenvalue weighted by atomic mass is 35.5. The lowest BCUT2D eigenvalue weighted by Gasteiger charge is -2.45. The third-order valence-electron chi connectivity index (χ3n) is 6.43. The summed E-state index contributed by atoms with van der Waals surface area (Å²) in [5.41, 5.74) is 1.98. The fourth-order valence-corrected chi connectivity index (χ4v) is 5.86. The molecule has 0 radical (unpaired) electrons. The highest BCUT2D eigenvalue weighted by molar-refractivity contribution is 7.91. The topological polar surface area (TPSA) is 71.5 Å². The molecule has 4 rings (SSSR count). The average Bonchev–Trinajstić information content (AvgIpc) is 3.54. The van der Waals surface area contributed by atoms with E-state index in [9.17, 15) is 18.0 Å². The second kappa shape index (κ2) is 9.77. The van der Waals surface area contributed by atoms with Gasteiger partial charge in [0.05, 0.1) is 6.04 Å². The number of benzene rings is 2. The van der Waals surface area contributed by atoms with Gasteiger partial charge in [0.1, 0.15) is 11.5 Å². The van der Waals surface area contributed by atoms with Gasteiger partial charge in [0.15, 0.2) is 9.84 Å². The first-order valence-electron chi connectivity index (χ1n) is 11.1. The molecule has 1 saturated carbocycles. The average molecular weight is 508 g/mol. The van der Waals surface area contributed by atoms with E-state index in [1.54, 1.807) is 0 Å². The number of carbonyl (C=O) groups is 2. The van der Waals surface area contributed by atoms with Gasteiger partial charge in [0, 0.05) is 41.1 Å². The van der Waals surface area contributed by atoms with Crippen molar-refractivity contribution in [2.45, 2.75) is 37.6 Å². The number of nitrogens with zero attached hydrogens (tertiary/aromatic N) is 1. The maximum atomic E-state index is 13.7. The summed E-state index contributed by atoms with van der Waals surface area (Å²) >= 11 is 12.4. The summed E-state index contributed by atoms with van der Waals surface area (Å²) in [4.78, 5) is 28.1. The van der Waals surface area contributed by atoms with Gasteiger partial charge in [-0.2, -0.15) is 0 Å². The zero-order chi connectivity index (χ0) is 23.8. The predicted octanol–water partition coefficient (Wildman–Crippen LogP) is 5.08. The highest BCUT2D eigenvalue weighted by Crippen LogP contribution is 2.48. The van der Waals surface area contributed by atoms with E-state index in [2.05, 4.69) is 0 Å². The summed E-state index contributed by atoms with van der Waals surface area (Å²) in [5.74, 6) is -1.24. The largest absolute Gasteiger partial charge is 0.335 e. The molecule has 1 aliphatic carbocycles. The van der Waals surface area contributed by atoms with Crippen LogP contribution in [0.15, 0.2) is 48.5 Å². The Morgan fingerprint density at radius 2 is 1.73 bits per heavy atom. The quantitative estimate of drug-likeness (QED) is 0.499. The van der Waals surface area contributed by atoms with E-state index in [0.29, 0.717) is 28.9 Å². The lowest BCUT2D eigenvalue weighted by Crippen LogP contribution is -2.48. The molecule has 176 valence electrons. The van der Waals surface area contributed by atoms with Gasteiger partial charge in [0.25, 0.3) is 0 Å². The summed E-state index contributed by atoms with van der Waals surface area (Å²) in [5, 5.41) is 1.23. The number of amides is 1. The third-order valence-corrected chi connectivity index (χ3v) is 7.76. The molecule has 2 aromatic carbocycles. The number of hydrogen-bond donors (Lipinski definition) is 0. The summed E-state index contributed by atoms with van der Waals surface area (Å²) in [6, 6.07) is 15.0. The van der Waals surface area contributed by atoms with Crippen molar-refractivity contribution in [2.75, 3.05) is 18.6 Å². The molecule has 2 aliphatic rings. The van der Waals surface area contributed by atoms with Crippen LogP contribution in [0.25, 0.3) is 0 Å². The second-order valence-electron chi connectivity index (χ2n) is 9.34. The van der Waals surface area contributed by atoms with Gasteiger partial charge in [-0.25, -0.2) is 8.42 Å². The van der Waals surface area contributed by atoms with Crippen molar-refractivity contribution in [2.24, 2.45) is 11.8 Å². The van der Waals surface area contributed by atoms with Crippen LogP contribution < -0.4 is 0 Å². The zero-order valence-electron chi connectivity index (χ0n) is 18.4. The summed E-state index contributed by atoms with van der Waals surface area (Å²) in [6.45, 7) is 0.625. The fraction of sp³-hybridized carbons (Fsp3) is 0.440. The molecular weight excluding hydrogens is 481 g/mol. The van der Waals surface area contributed by atoms with Crippen LogP contribution in [0.4, 0.5) is 0 Å². The van der Waals surface area contributed by atoms with Crippen molar-refractivity contribution in [1.29, 1.82) is 0 Å². The molecule has 1 heterocycles. The smallest absolute Gasteiger partial charge is 0.226 e. The van der Waals surface area contributed by atoms with E-state index < -0.39 is 27.3 Å². The Balaban J connectivity index is 1.73. The molecule has 2 fully saturated rings. The molecule has 1 aliphatic heterocycles. The summed E-state index contributed by atoms with van der Waals surface area (Å²) in [6.07, 6.45) is 3.58. The lowest BCUT2D eigenvalue weighted by atomic mass is 9.74. The van der Waals surface area contributed by atoms with Crippen molar-refractivity contribution >= 4 is 44.7 Å². The van der Waals surface area contributed by atoms with Crippen LogP contribution in [0.1, 0.15) is 48.8 Å². The van der Waals surface area contributed by atoms with Gasteiger partial charge in [-0.1, -0.05) is 47.5 Å². The molecule has 1 saturated heterocycles. The first-order chi connectivity index (χ1) is 15.6. The minimum Gasteiger partial charge on any atom is -0.335 e. The van der Waals surface area contributed by atoms with Crippen molar-refractivity contribution in [1.82, 2.24) is 4.90 Å². The third kappa shape index (κ3) is 6.17. The number of likely N-dealkylation sites (tertiary alicyclic amines) is 1. The minimum atomic E-state index is -3.45. The number of sulfone groups is 1. The van der Waals surface area contributed by atoms with E-state index >= 15 is 0 Å². The minimum absolute atomic E-state index is 0.0720. The molecule has 5 nitrogen and oxygen atoms in total. The highest BCUT2D eigenvalue weighted by Gasteiger charge is 2.45. The van der Waals surface area contributed by atoms with Gasteiger partial charge in [0.2, 0.25) is 5.91 Å². The molecule has 0 aromatic heterocycles. The maximum Gasteiger partial charge on any atom is 0.226 e. The molecule has 3 atom stereocenters. The molecule has 33 heavy (non-hydrogen) atoms. The molecule has 8 heteroatoms. The van der Waals surface area contributed by atoms with Gasteiger partial charge >= 0.3 is 0 Å². The van der Waals surface area contributed by atoms with E-state index in [0.717, 1.165) is 30.2 Å². The maximum absolute atomic E-state index is 13.7. The predicted molar refractivity (Wildman–Crippen MR) is 130 cm³/mol. The first-order valence-corrected chi connectivity index (χ1v) is 13.9. The Morgan fingerprint density at radius 1 is 1.03 bits per heavy atom. The van der Waals surface area contributed by atoms with Crippen LogP contribution in [0, 0.1) is 11.8 Å². The Hall–Kier alpha value is -1.89. The Morgan fingerprint density at radius 3 is 2.33 bits per heavy atom. The van der Waals surface area contributed by atoms with Gasteiger partial charge in [-0.15, -0.1) is 0 Å². The van der Waals surface area contributed by atoms with Crippen LogP contribution >= 0.6 is 23.2 Å². The number of carbonyl (C=O) groups excluding carboxylic acids is 2. The molecule has 0 bridgehead atoms. The van der Waals surface area contributed by atoms with E-state index in [4.69, 9.17) is 23.2 Å². The summed E-state index contributed by atoms with van der Waals surface area (Å²) in [7, 11) is -3.45. The van der Waals surface area contributed by atoms with Gasteiger partial charge < -0.3 is 4.90 Å². The van der Waals surface area contributed by atoms with E-state index in [1.165, 1.54) is 0 Å². The lowest BCUT2D eigenvalue weighted by molar-refractivity contribution is -0.145. The number of hydrogen-bond acceptors (Lipinski definition) is 4. The number of halogens is 2. The van der Waals surface area contributed by atoms with E-state index in [-0.39, 0.29) is 24.3 Å². The molecule has 0 N–H and O–H groups in total. The standard InChI is InChI=1S/C25H27Cl2NO4S/c1-33(31,32)15-22(29)12-19-13-23(18-3-2-4-21(27)11-18)24(17-7-9-20(26)10-8-17)28(25(19)30)14-16-5-6-16/h2-4,7-11,16,19,23-24H,5-6,12-15H2,1H3/t19-,23-,24-/m1/s1. The number of piperidine rings is 1. The van der Waals surface area contributed by atoms with Crippen molar-refractivity contribution in [3.8, 4) is 0 Å². The number of Topliss-reactive ketones (excluding diaryl/α,β-unsaturated/α-hetero) is 1. The molecule has 1 amide bonds.